The largest absolute Gasteiger partial charge is 0.465 e. The van der Waals surface area contributed by atoms with Crippen LogP contribution in [0.15, 0.2) is 58.5 Å². The van der Waals surface area contributed by atoms with Gasteiger partial charge in [0.2, 0.25) is 17.6 Å². The number of unbranched alkanes of at least 4 members (excludes halogenated alkanes) is 1. The third-order valence-electron chi connectivity index (χ3n) is 18.7. The van der Waals surface area contributed by atoms with Gasteiger partial charge in [-0.3, -0.25) is 24.0 Å². The van der Waals surface area contributed by atoms with Gasteiger partial charge in [0.25, 0.3) is 0 Å². The molecule has 0 radical (unpaired) electrons. The van der Waals surface area contributed by atoms with E-state index < -0.39 is 95.8 Å². The summed E-state index contributed by atoms with van der Waals surface area (Å²) in [4.78, 5) is 72.0. The summed E-state index contributed by atoms with van der Waals surface area (Å²) in [5, 5.41) is 53.4. The maximum atomic E-state index is 15.4. The number of nitrogens with one attached hydrogen (secondary N) is 1. The van der Waals surface area contributed by atoms with E-state index in [9.17, 15) is 44.4 Å². The number of amides is 2. The van der Waals surface area contributed by atoms with E-state index in [4.69, 9.17) is 39.1 Å². The van der Waals surface area contributed by atoms with Crippen LogP contribution in [0.25, 0.3) is 0 Å². The number of aromatic nitrogens is 1. The van der Waals surface area contributed by atoms with Gasteiger partial charge in [0.05, 0.1) is 49.7 Å². The summed E-state index contributed by atoms with van der Waals surface area (Å²) in [5.74, 6) is -3.38. The van der Waals surface area contributed by atoms with Gasteiger partial charge in [0.15, 0.2) is 12.4 Å². The summed E-state index contributed by atoms with van der Waals surface area (Å²) in [5.41, 5.74) is 7.09. The standard InChI is InChI=1S/C64H91FN4O15S/c1-34(30-80-37(4)70)44-28-50(72)64(8)29-45-42(31-79-9)21-23-43(45)35(2)53(73)57(51(44)64)84-62-56(76)58(82-38(5)71)55(75)49(83-62)32-81-63(6,7)25-15-11-14-19-40-27-41(22-24-46(40)65)54(74)47-33-85-60(67-47)48-20-16-26-69(48)61(78)52(68-59(77)36(3)66)39-17-12-10-13-18-39/h15,22,24-25,27,29,33-36,39,42-43,48-50,52-53,55-58,62,72-73,75-76H,10-14,16-21,23,26,28,30-32,66H2,1-9H3,(H,68,77)/b25-15+,45-29-/t34-,35-,36+,42-,43+,48+,49?,50+,52+,53-,55?,56?,57-,58?,62?,64+/m1/s1. The van der Waals surface area contributed by atoms with Gasteiger partial charge in [-0.2, -0.15) is 0 Å². The number of allylic oxidation sites excluding steroid dienone is 1. The molecule has 0 bridgehead atoms. The van der Waals surface area contributed by atoms with Crippen LogP contribution >= 0.6 is 11.3 Å². The Morgan fingerprint density at radius 3 is 2.42 bits per heavy atom. The number of aliphatic hydroxyl groups is 4. The Labute approximate surface area is 503 Å². The number of nitrogens with zero attached hydrogens (tertiary/aromatic N) is 2. The van der Waals surface area contributed by atoms with E-state index in [2.05, 4.69) is 11.4 Å². The summed E-state index contributed by atoms with van der Waals surface area (Å²) < 4.78 is 51.5. The number of benzene rings is 1. The highest BCUT2D eigenvalue weighted by Gasteiger charge is 2.56. The van der Waals surface area contributed by atoms with Gasteiger partial charge < -0.3 is 64.8 Å². The highest BCUT2D eigenvalue weighted by Crippen LogP contribution is 2.56. The van der Waals surface area contributed by atoms with E-state index in [-0.39, 0.29) is 78.2 Å². The Morgan fingerprint density at radius 1 is 0.988 bits per heavy atom. The lowest BCUT2D eigenvalue weighted by atomic mass is 9.68. The Balaban J connectivity index is 0.916. The zero-order valence-corrected chi connectivity index (χ0v) is 51.7. The molecule has 7 N–H and O–H groups in total. The first-order valence-corrected chi connectivity index (χ1v) is 31.5. The Morgan fingerprint density at radius 2 is 1.73 bits per heavy atom. The molecule has 0 spiro atoms. The number of ether oxygens (including phenoxy) is 6. The molecule has 3 heterocycles. The van der Waals surface area contributed by atoms with Crippen molar-refractivity contribution in [3.05, 3.63) is 86.2 Å². The van der Waals surface area contributed by atoms with Crippen LogP contribution in [0.3, 0.4) is 0 Å². The number of rotatable bonds is 23. The molecule has 2 aromatic rings. The van der Waals surface area contributed by atoms with Crippen molar-refractivity contribution in [2.45, 2.75) is 212 Å². The van der Waals surface area contributed by atoms with Crippen LogP contribution in [0, 0.1) is 40.8 Å². The average Bonchev–Trinajstić information content (AvgIpc) is 1.96. The average molecular weight is 1210 g/mol. The maximum Gasteiger partial charge on any atom is 0.303 e. The van der Waals surface area contributed by atoms with Crippen LogP contribution in [-0.4, -0.2) is 160 Å². The normalized spacial score (nSPS) is 31.8. The van der Waals surface area contributed by atoms with Crippen molar-refractivity contribution >= 4 is 40.9 Å². The van der Waals surface area contributed by atoms with Gasteiger partial charge in [0, 0.05) is 55.7 Å². The minimum absolute atomic E-state index is 0.00794. The predicted molar refractivity (Wildman–Crippen MR) is 314 cm³/mol. The molecule has 470 valence electrons. The molecular formula is C64H91FN4O15S. The van der Waals surface area contributed by atoms with E-state index in [1.165, 1.54) is 30.4 Å². The molecule has 4 aliphatic carbocycles. The maximum absolute atomic E-state index is 15.4. The number of aryl methyl sites for hydroxylation is 1. The van der Waals surface area contributed by atoms with Gasteiger partial charge in [-0.1, -0.05) is 62.5 Å². The summed E-state index contributed by atoms with van der Waals surface area (Å²) >= 11 is 1.31. The molecule has 2 saturated heterocycles. The van der Waals surface area contributed by atoms with E-state index in [1.54, 1.807) is 44.2 Å². The number of carbonyl (C=O) groups excluding carboxylic acids is 5. The van der Waals surface area contributed by atoms with Crippen molar-refractivity contribution in [2.75, 3.05) is 33.5 Å². The smallest absolute Gasteiger partial charge is 0.303 e. The first-order valence-electron chi connectivity index (χ1n) is 30.6. The lowest BCUT2D eigenvalue weighted by molar-refractivity contribution is -0.320. The van der Waals surface area contributed by atoms with Gasteiger partial charge in [-0.05, 0) is 139 Å². The van der Waals surface area contributed by atoms with Gasteiger partial charge in [-0.25, -0.2) is 9.37 Å². The number of ketones is 1. The Kier molecular flexibility index (Phi) is 22.2. The molecular weight excluding hydrogens is 1120 g/mol. The van der Waals surface area contributed by atoms with Crippen LogP contribution in [0.5, 0.6) is 0 Å². The number of halogens is 1. The lowest BCUT2D eigenvalue weighted by Gasteiger charge is -2.47. The van der Waals surface area contributed by atoms with Gasteiger partial charge >= 0.3 is 11.9 Å². The fraction of sp³-hybridized carbons (Fsp3) is 0.688. The number of thiazole rings is 1. The van der Waals surface area contributed by atoms with Crippen LogP contribution in [0.4, 0.5) is 4.39 Å². The summed E-state index contributed by atoms with van der Waals surface area (Å²) in [6.07, 6.45) is 4.11. The molecule has 1 aromatic carbocycles. The minimum atomic E-state index is -1.73. The molecule has 2 saturated carbocycles. The Bertz CT molecular complexity index is 2800. The second-order valence-corrected chi connectivity index (χ2v) is 26.3. The first-order chi connectivity index (χ1) is 40.3. The monoisotopic (exact) mass is 1210 g/mol. The van der Waals surface area contributed by atoms with Crippen LogP contribution in [0.1, 0.15) is 165 Å². The molecule has 19 nitrogen and oxygen atoms in total. The molecule has 6 aliphatic rings. The van der Waals surface area contributed by atoms with E-state index >= 15 is 4.39 Å². The third-order valence-corrected chi connectivity index (χ3v) is 19.6. The summed E-state index contributed by atoms with van der Waals surface area (Å²) in [6, 6.07) is 2.49. The molecule has 4 fully saturated rings. The van der Waals surface area contributed by atoms with Gasteiger partial charge in [0.1, 0.15) is 47.0 Å². The summed E-state index contributed by atoms with van der Waals surface area (Å²) in [7, 11) is 1.65. The predicted octanol–water partition coefficient (Wildman–Crippen LogP) is 6.90. The lowest BCUT2D eigenvalue weighted by Crippen LogP contribution is -2.62. The topological polar surface area (TPSA) is 276 Å². The van der Waals surface area contributed by atoms with Crippen LogP contribution in [0.2, 0.25) is 0 Å². The quantitative estimate of drug-likeness (QED) is 0.0286. The van der Waals surface area contributed by atoms with E-state index in [0.717, 1.165) is 69.4 Å². The first kappa shape index (κ1) is 66.1. The molecule has 8 rings (SSSR count). The second-order valence-electron chi connectivity index (χ2n) is 25.4. The van der Waals surface area contributed by atoms with E-state index in [0.29, 0.717) is 55.0 Å². The fourth-order valence-electron chi connectivity index (χ4n) is 13.8. The molecule has 5 unspecified atom stereocenters. The summed E-state index contributed by atoms with van der Waals surface area (Å²) in [6.45, 7) is 14.1. The number of likely N-dealkylation sites (tertiary alicyclic amines) is 1. The highest BCUT2D eigenvalue weighted by atomic mass is 32.1. The molecule has 2 aliphatic heterocycles. The number of nitrogens with two attached hydrogens (primary N) is 1. The van der Waals surface area contributed by atoms with Crippen molar-refractivity contribution < 1.29 is 77.2 Å². The fourth-order valence-corrected chi connectivity index (χ4v) is 14.8. The number of aliphatic hydroxyl groups excluding tert-OH is 4. The van der Waals surface area contributed by atoms with Gasteiger partial charge in [-0.15, -0.1) is 11.3 Å². The van der Waals surface area contributed by atoms with E-state index in [1.807, 2.05) is 32.9 Å². The number of hydrogen-bond acceptors (Lipinski definition) is 18. The number of fused-ring (bicyclic) bond motifs is 2. The third kappa shape index (κ3) is 15.2. The zero-order valence-electron chi connectivity index (χ0n) is 50.8. The molecule has 16 atom stereocenters. The molecule has 85 heavy (non-hydrogen) atoms. The van der Waals surface area contributed by atoms with Crippen LogP contribution in [-0.2, 0) is 54.0 Å². The molecule has 2 amide bonds. The second kappa shape index (κ2) is 28.6. The van der Waals surface area contributed by atoms with Crippen molar-refractivity contribution in [2.24, 2.45) is 40.7 Å². The molecule has 1 aromatic heterocycles. The Hall–Kier alpha value is -4.81. The van der Waals surface area contributed by atoms with Crippen molar-refractivity contribution in [1.82, 2.24) is 15.2 Å². The highest BCUT2D eigenvalue weighted by molar-refractivity contribution is 7.10. The SMILES string of the molecule is COC[C@H]1CC[C@@H]2/C1=C\[C@]1(C)C(=C([C@H](C)COC(C)=O)C[C@@H]1O)[C@@H](OC1OC(COC(C)(C)/C=C/CCCc3cc(C(=O)c4csc([C@@H]5CCCN5C(=O)[C@@H](NC(=O)[C@H](C)N)C5CCCCC5)n4)ccc3F)C(O)C(OC(C)=O)C1O)[C@H](O)[C@@H]2C. The minimum Gasteiger partial charge on any atom is -0.465 e. The zero-order chi connectivity index (χ0) is 61.7. The number of esters is 2. The van der Waals surface area contributed by atoms with Crippen LogP contribution < -0.4 is 11.1 Å². The molecule has 21 heteroatoms. The number of carbonyl (C=O) groups is 5. The van der Waals surface area contributed by atoms with Crippen molar-refractivity contribution in [3.63, 3.8) is 0 Å². The number of hydrogen-bond donors (Lipinski definition) is 6. The van der Waals surface area contributed by atoms with Crippen molar-refractivity contribution in [1.29, 1.82) is 0 Å². The number of methoxy groups -OCH3 is 1. The van der Waals surface area contributed by atoms with Crippen molar-refractivity contribution in [3.8, 4) is 0 Å².